The lowest BCUT2D eigenvalue weighted by molar-refractivity contribution is 0.276. The van der Waals surface area contributed by atoms with Gasteiger partial charge in [0.25, 0.3) is 0 Å². The molecule has 2 N–H and O–H groups in total. The monoisotopic (exact) mass is 290 g/mol. The van der Waals surface area contributed by atoms with E-state index in [4.69, 9.17) is 4.98 Å². The van der Waals surface area contributed by atoms with Crippen molar-refractivity contribution in [3.63, 3.8) is 0 Å². The van der Waals surface area contributed by atoms with Gasteiger partial charge in [0.1, 0.15) is 17.5 Å². The van der Waals surface area contributed by atoms with Crippen molar-refractivity contribution in [3.05, 3.63) is 11.4 Å². The summed E-state index contributed by atoms with van der Waals surface area (Å²) in [4.78, 5) is 9.38. The Morgan fingerprint density at radius 2 is 1.76 bits per heavy atom. The maximum atomic E-state index is 4.77. The van der Waals surface area contributed by atoms with Crippen LogP contribution in [0.4, 0.5) is 11.6 Å². The zero-order valence-electron chi connectivity index (χ0n) is 14.3. The fourth-order valence-electron chi connectivity index (χ4n) is 3.23. The van der Waals surface area contributed by atoms with Crippen molar-refractivity contribution in [2.24, 2.45) is 11.8 Å². The van der Waals surface area contributed by atoms with Crippen molar-refractivity contribution in [1.82, 2.24) is 9.97 Å². The molecule has 2 rings (SSSR count). The summed E-state index contributed by atoms with van der Waals surface area (Å²) in [7, 11) is 1.92. The van der Waals surface area contributed by atoms with Gasteiger partial charge in [-0.1, -0.05) is 27.7 Å². The zero-order valence-corrected chi connectivity index (χ0v) is 14.3. The second-order valence-corrected chi connectivity index (χ2v) is 6.96. The van der Waals surface area contributed by atoms with E-state index in [0.29, 0.717) is 17.9 Å². The number of hydrogen-bond donors (Lipinski definition) is 2. The number of nitrogens with one attached hydrogen (secondary N) is 2. The summed E-state index contributed by atoms with van der Waals surface area (Å²) < 4.78 is 0. The van der Waals surface area contributed by atoms with Gasteiger partial charge < -0.3 is 10.6 Å². The van der Waals surface area contributed by atoms with Crippen molar-refractivity contribution < 1.29 is 0 Å². The molecule has 1 saturated carbocycles. The third-order valence-electron chi connectivity index (χ3n) is 4.67. The highest BCUT2D eigenvalue weighted by molar-refractivity contribution is 5.57. The smallest absolute Gasteiger partial charge is 0.135 e. The summed E-state index contributed by atoms with van der Waals surface area (Å²) in [5, 5.41) is 6.89. The Morgan fingerprint density at radius 3 is 2.33 bits per heavy atom. The minimum Gasteiger partial charge on any atom is -0.373 e. The van der Waals surface area contributed by atoms with Gasteiger partial charge in [0.05, 0.1) is 0 Å². The van der Waals surface area contributed by atoms with Gasteiger partial charge in [-0.15, -0.1) is 0 Å². The molecule has 21 heavy (non-hydrogen) atoms. The minimum atomic E-state index is 0.335. The molecule has 0 aliphatic heterocycles. The van der Waals surface area contributed by atoms with Crippen LogP contribution >= 0.6 is 0 Å². The molecular formula is C17H30N4. The van der Waals surface area contributed by atoms with Gasteiger partial charge in [-0.25, -0.2) is 9.97 Å². The van der Waals surface area contributed by atoms with E-state index in [9.17, 15) is 0 Å². The molecule has 4 heteroatoms. The van der Waals surface area contributed by atoms with E-state index in [2.05, 4.69) is 50.2 Å². The maximum absolute atomic E-state index is 4.77. The second kappa shape index (κ2) is 6.63. The standard InChI is InChI=1S/C17H30N4/c1-10(2)15-20-16(18-6)13(5)17(21-15)19-14-8-7-11(3)9-12(14)4/h10-12,14H,7-9H2,1-6H3,(H2,18,19,20,21). The van der Waals surface area contributed by atoms with Crippen LogP contribution in [0.2, 0.25) is 0 Å². The Morgan fingerprint density at radius 1 is 1.10 bits per heavy atom. The maximum Gasteiger partial charge on any atom is 0.135 e. The van der Waals surface area contributed by atoms with Crippen LogP contribution in [0.3, 0.4) is 0 Å². The Balaban J connectivity index is 2.24. The first-order chi connectivity index (χ1) is 9.92. The first-order valence-electron chi connectivity index (χ1n) is 8.25. The van der Waals surface area contributed by atoms with Crippen LogP contribution in [-0.2, 0) is 0 Å². The van der Waals surface area contributed by atoms with Gasteiger partial charge >= 0.3 is 0 Å². The van der Waals surface area contributed by atoms with Crippen molar-refractivity contribution in [1.29, 1.82) is 0 Å². The molecule has 0 radical (unpaired) electrons. The first-order valence-corrected chi connectivity index (χ1v) is 8.25. The zero-order chi connectivity index (χ0) is 15.6. The van der Waals surface area contributed by atoms with Crippen LogP contribution in [0.25, 0.3) is 0 Å². The third-order valence-corrected chi connectivity index (χ3v) is 4.67. The number of anilines is 2. The van der Waals surface area contributed by atoms with Crippen LogP contribution in [0.15, 0.2) is 0 Å². The van der Waals surface area contributed by atoms with E-state index >= 15 is 0 Å². The van der Waals surface area contributed by atoms with Crippen LogP contribution < -0.4 is 10.6 Å². The number of aromatic nitrogens is 2. The highest BCUT2D eigenvalue weighted by Gasteiger charge is 2.26. The summed E-state index contributed by atoms with van der Waals surface area (Å²) in [6, 6.07) is 0.527. The molecule has 0 spiro atoms. The van der Waals surface area contributed by atoms with E-state index in [1.54, 1.807) is 0 Å². The van der Waals surface area contributed by atoms with Crippen molar-refractivity contribution in [2.45, 2.75) is 65.8 Å². The van der Waals surface area contributed by atoms with Crippen molar-refractivity contribution in [3.8, 4) is 0 Å². The molecule has 1 heterocycles. The normalized spacial score (nSPS) is 26.0. The van der Waals surface area contributed by atoms with Gasteiger partial charge in [-0.3, -0.25) is 0 Å². The fraction of sp³-hybridized carbons (Fsp3) is 0.765. The number of hydrogen-bond acceptors (Lipinski definition) is 4. The van der Waals surface area contributed by atoms with Gasteiger partial charge in [0, 0.05) is 24.6 Å². The van der Waals surface area contributed by atoms with E-state index in [0.717, 1.165) is 28.9 Å². The lowest BCUT2D eigenvalue weighted by Gasteiger charge is -2.34. The third kappa shape index (κ3) is 3.66. The summed E-state index contributed by atoms with van der Waals surface area (Å²) in [6.07, 6.45) is 3.84. The molecular weight excluding hydrogens is 260 g/mol. The number of rotatable bonds is 4. The first kappa shape index (κ1) is 16.1. The molecule has 1 aromatic rings. The van der Waals surface area contributed by atoms with Gasteiger partial charge in [-0.05, 0) is 38.0 Å². The molecule has 0 aromatic carbocycles. The number of nitrogens with zero attached hydrogens (tertiary/aromatic N) is 2. The van der Waals surface area contributed by atoms with E-state index < -0.39 is 0 Å². The fourth-order valence-corrected chi connectivity index (χ4v) is 3.23. The van der Waals surface area contributed by atoms with Gasteiger partial charge in [0.2, 0.25) is 0 Å². The lowest BCUT2D eigenvalue weighted by atomic mass is 9.80. The summed E-state index contributed by atoms with van der Waals surface area (Å²) in [6.45, 7) is 11.1. The average Bonchev–Trinajstić information content (AvgIpc) is 2.43. The lowest BCUT2D eigenvalue weighted by Crippen LogP contribution is -2.33. The molecule has 3 atom stereocenters. The van der Waals surface area contributed by atoms with Crippen LogP contribution in [-0.4, -0.2) is 23.1 Å². The minimum absolute atomic E-state index is 0.335. The predicted molar refractivity (Wildman–Crippen MR) is 90.0 cm³/mol. The average molecular weight is 290 g/mol. The highest BCUT2D eigenvalue weighted by atomic mass is 15.1. The SMILES string of the molecule is CNc1nc(C(C)C)nc(NC2CCC(C)CC2C)c1C. The topological polar surface area (TPSA) is 49.8 Å². The Labute approximate surface area is 129 Å². The van der Waals surface area contributed by atoms with E-state index in [1.165, 1.54) is 19.3 Å². The Hall–Kier alpha value is -1.32. The molecule has 1 aromatic heterocycles. The van der Waals surface area contributed by atoms with Crippen LogP contribution in [0.1, 0.15) is 64.3 Å². The van der Waals surface area contributed by atoms with Gasteiger partial charge in [0.15, 0.2) is 0 Å². The molecule has 1 aliphatic carbocycles. The molecule has 1 fully saturated rings. The summed E-state index contributed by atoms with van der Waals surface area (Å²) >= 11 is 0. The Bertz CT molecular complexity index is 484. The molecule has 118 valence electrons. The largest absolute Gasteiger partial charge is 0.373 e. The quantitative estimate of drug-likeness (QED) is 0.873. The molecule has 0 bridgehead atoms. The van der Waals surface area contributed by atoms with E-state index in [-0.39, 0.29) is 0 Å². The Kier molecular flexibility index (Phi) is 5.07. The molecule has 4 nitrogen and oxygen atoms in total. The summed E-state index contributed by atoms with van der Waals surface area (Å²) in [5.41, 5.74) is 1.12. The van der Waals surface area contributed by atoms with Crippen LogP contribution in [0, 0.1) is 18.8 Å². The molecule has 3 unspecified atom stereocenters. The van der Waals surface area contributed by atoms with Crippen molar-refractivity contribution in [2.75, 3.05) is 17.7 Å². The van der Waals surface area contributed by atoms with E-state index in [1.807, 2.05) is 7.05 Å². The van der Waals surface area contributed by atoms with Gasteiger partial charge in [-0.2, -0.15) is 0 Å². The highest BCUT2D eigenvalue weighted by Crippen LogP contribution is 2.32. The molecule has 1 aliphatic rings. The molecule has 0 saturated heterocycles. The van der Waals surface area contributed by atoms with Crippen molar-refractivity contribution >= 4 is 11.6 Å². The van der Waals surface area contributed by atoms with Crippen LogP contribution in [0.5, 0.6) is 0 Å². The predicted octanol–water partition coefficient (Wildman–Crippen LogP) is 4.19. The molecule has 0 amide bonds. The second-order valence-electron chi connectivity index (χ2n) is 6.96. The summed E-state index contributed by atoms with van der Waals surface area (Å²) in [5.74, 6) is 4.73.